The van der Waals surface area contributed by atoms with Gasteiger partial charge in [-0.3, -0.25) is 14.5 Å². The number of halogens is 1. The number of sulfonamides is 1. The molecule has 0 spiro atoms. The highest BCUT2D eigenvalue weighted by Gasteiger charge is 2.33. The second-order valence-electron chi connectivity index (χ2n) is 6.43. The number of aliphatic imine (C=N–C) groups is 1. The number of amidine groups is 1. The second kappa shape index (κ2) is 8.37. The van der Waals surface area contributed by atoms with E-state index in [0.29, 0.717) is 12.1 Å². The van der Waals surface area contributed by atoms with Crippen LogP contribution < -0.4 is 10.0 Å². The minimum atomic E-state index is -3.59. The van der Waals surface area contributed by atoms with Gasteiger partial charge in [0.25, 0.3) is 10.0 Å². The Morgan fingerprint density at radius 1 is 1.38 bits per heavy atom. The Morgan fingerprint density at radius 2 is 2.12 bits per heavy atom. The Morgan fingerprint density at radius 3 is 2.77 bits per heavy atom. The maximum Gasteiger partial charge on any atom is 0.263 e. The van der Waals surface area contributed by atoms with Gasteiger partial charge in [0.1, 0.15) is 11.9 Å². The van der Waals surface area contributed by atoms with Crippen molar-refractivity contribution in [3.63, 3.8) is 0 Å². The van der Waals surface area contributed by atoms with Crippen molar-refractivity contribution in [2.45, 2.75) is 43.7 Å². The van der Waals surface area contributed by atoms with Crippen molar-refractivity contribution in [3.8, 4) is 0 Å². The lowest BCUT2D eigenvalue weighted by molar-refractivity contribution is -0.134. The number of fused-ring (bicyclic) bond motifs is 1. The van der Waals surface area contributed by atoms with Crippen LogP contribution in [-0.2, 0) is 14.8 Å². The SMILES string of the molecule is CCCN(C(=O)C(C)N=C1NS(=O)(=O)c2ccccc21)C1CCNC1.Cl. The van der Waals surface area contributed by atoms with E-state index in [1.165, 1.54) is 0 Å². The lowest BCUT2D eigenvalue weighted by Gasteiger charge is -2.29. The summed E-state index contributed by atoms with van der Waals surface area (Å²) < 4.78 is 26.8. The van der Waals surface area contributed by atoms with Crippen molar-refractivity contribution in [2.24, 2.45) is 4.99 Å². The number of carbonyl (C=O) groups excluding carboxylic acids is 1. The third-order valence-corrected chi connectivity index (χ3v) is 5.96. The summed E-state index contributed by atoms with van der Waals surface area (Å²) in [7, 11) is -3.59. The van der Waals surface area contributed by atoms with Gasteiger partial charge < -0.3 is 10.2 Å². The fourth-order valence-corrected chi connectivity index (χ4v) is 4.58. The number of nitrogens with one attached hydrogen (secondary N) is 2. The van der Waals surface area contributed by atoms with Crippen LogP contribution in [0.5, 0.6) is 0 Å². The van der Waals surface area contributed by atoms with Gasteiger partial charge in [-0.2, -0.15) is 0 Å². The number of hydrogen-bond donors (Lipinski definition) is 2. The molecule has 0 bridgehead atoms. The molecule has 0 aliphatic carbocycles. The van der Waals surface area contributed by atoms with Crippen molar-refractivity contribution in [2.75, 3.05) is 19.6 Å². The molecule has 2 unspecified atom stereocenters. The molecule has 7 nitrogen and oxygen atoms in total. The fraction of sp³-hybridized carbons (Fsp3) is 0.529. The first-order valence-electron chi connectivity index (χ1n) is 8.65. The van der Waals surface area contributed by atoms with E-state index in [2.05, 4.69) is 15.0 Å². The molecule has 1 fully saturated rings. The summed E-state index contributed by atoms with van der Waals surface area (Å²) in [5, 5.41) is 3.28. The van der Waals surface area contributed by atoms with E-state index in [9.17, 15) is 13.2 Å². The van der Waals surface area contributed by atoms with E-state index < -0.39 is 16.1 Å². The Bertz CT molecular complexity index is 791. The predicted molar refractivity (Wildman–Crippen MR) is 103 cm³/mol. The van der Waals surface area contributed by atoms with Gasteiger partial charge in [0, 0.05) is 24.7 Å². The van der Waals surface area contributed by atoms with Crippen LogP contribution in [0.15, 0.2) is 34.2 Å². The van der Waals surface area contributed by atoms with Gasteiger partial charge in [-0.25, -0.2) is 8.42 Å². The van der Waals surface area contributed by atoms with Gasteiger partial charge in [-0.1, -0.05) is 19.1 Å². The molecule has 3 rings (SSSR count). The van der Waals surface area contributed by atoms with E-state index in [1.807, 2.05) is 11.8 Å². The van der Waals surface area contributed by atoms with Gasteiger partial charge in [-0.15, -0.1) is 12.4 Å². The normalized spacial score (nSPS) is 23.0. The largest absolute Gasteiger partial charge is 0.337 e. The van der Waals surface area contributed by atoms with Crippen LogP contribution >= 0.6 is 12.4 Å². The van der Waals surface area contributed by atoms with Gasteiger partial charge in [0.05, 0.1) is 4.90 Å². The Balaban J connectivity index is 0.00000243. The van der Waals surface area contributed by atoms with E-state index in [-0.39, 0.29) is 35.1 Å². The van der Waals surface area contributed by atoms with Crippen LogP contribution in [0.4, 0.5) is 0 Å². The van der Waals surface area contributed by atoms with Crippen molar-refractivity contribution in [3.05, 3.63) is 29.8 Å². The minimum absolute atomic E-state index is 0. The topological polar surface area (TPSA) is 90.9 Å². The second-order valence-corrected chi connectivity index (χ2v) is 8.08. The molecule has 0 aromatic heterocycles. The Labute approximate surface area is 160 Å². The molecule has 9 heteroatoms. The average molecular weight is 401 g/mol. The van der Waals surface area contributed by atoms with Gasteiger partial charge in [0.15, 0.2) is 0 Å². The summed E-state index contributed by atoms with van der Waals surface area (Å²) in [6.07, 6.45) is 1.81. The Hall–Kier alpha value is -1.64. The first-order chi connectivity index (χ1) is 11.9. The van der Waals surface area contributed by atoms with Crippen LogP contribution in [-0.4, -0.2) is 56.8 Å². The molecule has 0 saturated carbocycles. The molecular weight excluding hydrogens is 376 g/mol. The smallest absolute Gasteiger partial charge is 0.263 e. The number of carbonyl (C=O) groups is 1. The number of amides is 1. The summed E-state index contributed by atoms with van der Waals surface area (Å²) in [6.45, 7) is 6.15. The first-order valence-corrected chi connectivity index (χ1v) is 10.1. The fourth-order valence-electron chi connectivity index (χ4n) is 3.34. The summed E-state index contributed by atoms with van der Waals surface area (Å²) in [6, 6.07) is 6.22. The zero-order valence-electron chi connectivity index (χ0n) is 14.9. The lowest BCUT2D eigenvalue weighted by Crippen LogP contribution is -2.46. The zero-order valence-corrected chi connectivity index (χ0v) is 16.6. The molecule has 1 aromatic carbocycles. The zero-order chi connectivity index (χ0) is 18.0. The summed E-state index contributed by atoms with van der Waals surface area (Å²) >= 11 is 0. The lowest BCUT2D eigenvalue weighted by atomic mass is 10.1. The van der Waals surface area contributed by atoms with Crippen LogP contribution in [0.25, 0.3) is 0 Å². The molecule has 1 saturated heterocycles. The van der Waals surface area contributed by atoms with Gasteiger partial charge >= 0.3 is 0 Å². The van der Waals surface area contributed by atoms with Crippen molar-refractivity contribution in [1.29, 1.82) is 0 Å². The molecule has 2 heterocycles. The average Bonchev–Trinajstić information content (AvgIpc) is 3.20. The third kappa shape index (κ3) is 4.02. The van der Waals surface area contributed by atoms with Crippen molar-refractivity contribution in [1.82, 2.24) is 14.9 Å². The van der Waals surface area contributed by atoms with Crippen LogP contribution in [0.3, 0.4) is 0 Å². The highest BCUT2D eigenvalue weighted by molar-refractivity contribution is 7.90. The molecule has 1 aromatic rings. The molecule has 1 amide bonds. The number of nitrogens with zero attached hydrogens (tertiary/aromatic N) is 2. The third-order valence-electron chi connectivity index (χ3n) is 4.57. The van der Waals surface area contributed by atoms with E-state index in [0.717, 1.165) is 25.9 Å². The van der Waals surface area contributed by atoms with Gasteiger partial charge in [-0.05, 0) is 38.4 Å². The number of rotatable bonds is 5. The quantitative estimate of drug-likeness (QED) is 0.775. The highest BCUT2D eigenvalue weighted by Crippen LogP contribution is 2.23. The molecule has 2 aliphatic rings. The van der Waals surface area contributed by atoms with Crippen LogP contribution in [0.1, 0.15) is 32.3 Å². The summed E-state index contributed by atoms with van der Waals surface area (Å²) in [4.78, 5) is 19.4. The maximum absolute atomic E-state index is 12.9. The van der Waals surface area contributed by atoms with E-state index in [1.54, 1.807) is 31.2 Å². The molecule has 2 atom stereocenters. The van der Waals surface area contributed by atoms with Crippen LogP contribution in [0, 0.1) is 0 Å². The molecular formula is C17H25ClN4O3S. The number of hydrogen-bond acceptors (Lipinski definition) is 5. The summed E-state index contributed by atoms with van der Waals surface area (Å²) in [5.74, 6) is 0.184. The highest BCUT2D eigenvalue weighted by atomic mass is 35.5. The standard InChI is InChI=1S/C17H24N4O3S.ClH/c1-3-10-21(13-8-9-18-11-13)17(22)12(2)19-16-14-6-4-5-7-15(14)25(23,24)20-16;/h4-7,12-13,18H,3,8-11H2,1-2H3,(H,19,20);1H. The van der Waals surface area contributed by atoms with Crippen molar-refractivity contribution < 1.29 is 13.2 Å². The molecule has 2 N–H and O–H groups in total. The molecule has 0 radical (unpaired) electrons. The van der Waals surface area contributed by atoms with Crippen molar-refractivity contribution >= 4 is 34.2 Å². The van der Waals surface area contributed by atoms with E-state index in [4.69, 9.17) is 0 Å². The minimum Gasteiger partial charge on any atom is -0.337 e. The van der Waals surface area contributed by atoms with Gasteiger partial charge in [0.2, 0.25) is 5.91 Å². The monoisotopic (exact) mass is 400 g/mol. The van der Waals surface area contributed by atoms with E-state index >= 15 is 0 Å². The van der Waals surface area contributed by atoms with Crippen LogP contribution in [0.2, 0.25) is 0 Å². The first kappa shape index (κ1) is 20.7. The summed E-state index contributed by atoms with van der Waals surface area (Å²) in [5.41, 5.74) is 0.520. The molecule has 2 aliphatic heterocycles. The predicted octanol–water partition coefficient (Wildman–Crippen LogP) is 1.14. The number of benzene rings is 1. The molecule has 26 heavy (non-hydrogen) atoms. The Kier molecular flexibility index (Phi) is 6.65. The maximum atomic E-state index is 12.9. The molecule has 144 valence electrons.